The number of carbonyl (C=O) groups excluding carboxylic acids is 1. The van der Waals surface area contributed by atoms with Gasteiger partial charge in [0.1, 0.15) is 5.75 Å². The van der Waals surface area contributed by atoms with E-state index >= 15 is 0 Å². The molecular formula is C14H12Cl2N2O2. The molecule has 0 aliphatic rings. The van der Waals surface area contributed by atoms with Crippen molar-refractivity contribution in [1.29, 1.82) is 0 Å². The lowest BCUT2D eigenvalue weighted by atomic mass is 10.3. The van der Waals surface area contributed by atoms with Crippen LogP contribution in [0.4, 0.5) is 10.5 Å². The Hall–Kier alpha value is -1.91. The van der Waals surface area contributed by atoms with E-state index in [1.54, 1.807) is 30.3 Å². The van der Waals surface area contributed by atoms with Gasteiger partial charge < -0.3 is 15.4 Å². The molecule has 0 aromatic heterocycles. The van der Waals surface area contributed by atoms with Gasteiger partial charge in [-0.2, -0.15) is 0 Å². The fourth-order valence-corrected chi connectivity index (χ4v) is 1.80. The first-order valence-corrected chi connectivity index (χ1v) is 6.58. The summed E-state index contributed by atoms with van der Waals surface area (Å²) < 4.78 is 5.34. The molecule has 0 saturated carbocycles. The second-order valence-corrected chi connectivity index (χ2v) is 4.70. The van der Waals surface area contributed by atoms with Crippen LogP contribution in [0.5, 0.6) is 5.75 Å². The number of hydrogen-bond acceptors (Lipinski definition) is 2. The SMILES string of the molecule is O=C(NCOc1ccccc1)Nc1cc(Cl)ccc1Cl. The van der Waals surface area contributed by atoms with Gasteiger partial charge in [-0.25, -0.2) is 4.79 Å². The maximum absolute atomic E-state index is 11.7. The van der Waals surface area contributed by atoms with Crippen molar-refractivity contribution in [2.24, 2.45) is 0 Å². The van der Waals surface area contributed by atoms with Gasteiger partial charge in [0.2, 0.25) is 0 Å². The number of benzene rings is 2. The van der Waals surface area contributed by atoms with Crippen LogP contribution in [-0.2, 0) is 0 Å². The number of anilines is 1. The van der Waals surface area contributed by atoms with Gasteiger partial charge in [0, 0.05) is 5.02 Å². The quantitative estimate of drug-likeness (QED) is 0.833. The molecule has 104 valence electrons. The maximum atomic E-state index is 11.7. The summed E-state index contributed by atoms with van der Waals surface area (Å²) in [6.07, 6.45) is 0. The first-order chi connectivity index (χ1) is 9.65. The standard InChI is InChI=1S/C14H12Cl2N2O2/c15-10-6-7-12(16)13(8-10)18-14(19)17-9-20-11-4-2-1-3-5-11/h1-8H,9H2,(H2,17,18,19). The Kier molecular flexibility index (Phi) is 5.09. The van der Waals surface area contributed by atoms with Crippen LogP contribution in [0, 0.1) is 0 Å². The van der Waals surface area contributed by atoms with Crippen molar-refractivity contribution in [3.63, 3.8) is 0 Å². The fraction of sp³-hybridized carbons (Fsp3) is 0.0714. The Labute approximate surface area is 126 Å². The summed E-state index contributed by atoms with van der Waals surface area (Å²) >= 11 is 11.8. The topological polar surface area (TPSA) is 50.4 Å². The number of rotatable bonds is 4. The number of urea groups is 1. The number of hydrogen-bond donors (Lipinski definition) is 2. The van der Waals surface area contributed by atoms with Crippen molar-refractivity contribution in [2.75, 3.05) is 12.0 Å². The highest BCUT2D eigenvalue weighted by molar-refractivity contribution is 6.35. The summed E-state index contributed by atoms with van der Waals surface area (Å²) in [7, 11) is 0. The van der Waals surface area contributed by atoms with E-state index in [-0.39, 0.29) is 6.73 Å². The summed E-state index contributed by atoms with van der Waals surface area (Å²) in [5, 5.41) is 6.04. The highest BCUT2D eigenvalue weighted by Gasteiger charge is 2.05. The third-order valence-electron chi connectivity index (χ3n) is 2.39. The molecule has 2 aromatic rings. The smallest absolute Gasteiger partial charge is 0.321 e. The van der Waals surface area contributed by atoms with Gasteiger partial charge in [-0.1, -0.05) is 41.4 Å². The predicted octanol–water partition coefficient (Wildman–Crippen LogP) is 4.15. The summed E-state index contributed by atoms with van der Waals surface area (Å²) in [5.41, 5.74) is 0.441. The van der Waals surface area contributed by atoms with Crippen LogP contribution in [0.2, 0.25) is 10.0 Å². The van der Waals surface area contributed by atoms with Crippen molar-refractivity contribution >= 4 is 34.9 Å². The first kappa shape index (κ1) is 14.5. The number of carbonyl (C=O) groups is 1. The molecule has 0 atom stereocenters. The Morgan fingerprint density at radius 1 is 1.10 bits per heavy atom. The van der Waals surface area contributed by atoms with Gasteiger partial charge in [-0.05, 0) is 30.3 Å². The van der Waals surface area contributed by atoms with Crippen LogP contribution in [0.15, 0.2) is 48.5 Å². The minimum Gasteiger partial charge on any atom is -0.473 e. The molecular weight excluding hydrogens is 299 g/mol. The second kappa shape index (κ2) is 7.03. The number of nitrogens with one attached hydrogen (secondary N) is 2. The van der Waals surface area contributed by atoms with Crippen LogP contribution in [0.3, 0.4) is 0 Å². The molecule has 4 nitrogen and oxygen atoms in total. The van der Waals surface area contributed by atoms with Crippen LogP contribution < -0.4 is 15.4 Å². The lowest BCUT2D eigenvalue weighted by Gasteiger charge is -2.10. The van der Waals surface area contributed by atoms with E-state index < -0.39 is 6.03 Å². The molecule has 0 aliphatic heterocycles. The van der Waals surface area contributed by atoms with Gasteiger partial charge in [0.15, 0.2) is 6.73 Å². The number of amides is 2. The summed E-state index contributed by atoms with van der Waals surface area (Å²) in [4.78, 5) is 11.7. The van der Waals surface area contributed by atoms with Crippen molar-refractivity contribution in [2.45, 2.75) is 0 Å². The Bertz CT molecular complexity index is 591. The van der Waals surface area contributed by atoms with E-state index in [9.17, 15) is 4.79 Å². The highest BCUT2D eigenvalue weighted by atomic mass is 35.5. The number of ether oxygens (including phenoxy) is 1. The molecule has 0 heterocycles. The monoisotopic (exact) mass is 310 g/mol. The molecule has 0 unspecified atom stereocenters. The van der Waals surface area contributed by atoms with E-state index in [0.717, 1.165) is 0 Å². The molecule has 0 radical (unpaired) electrons. The average molecular weight is 311 g/mol. The van der Waals surface area contributed by atoms with Crippen molar-refractivity contribution in [1.82, 2.24) is 5.32 Å². The average Bonchev–Trinajstić information content (AvgIpc) is 2.44. The lowest BCUT2D eigenvalue weighted by Crippen LogP contribution is -2.32. The maximum Gasteiger partial charge on any atom is 0.321 e. The van der Waals surface area contributed by atoms with Crippen LogP contribution in [0.1, 0.15) is 0 Å². The van der Waals surface area contributed by atoms with E-state index in [2.05, 4.69) is 10.6 Å². The lowest BCUT2D eigenvalue weighted by molar-refractivity contribution is 0.234. The highest BCUT2D eigenvalue weighted by Crippen LogP contribution is 2.25. The van der Waals surface area contributed by atoms with Crippen molar-refractivity contribution in [3.05, 3.63) is 58.6 Å². The molecule has 0 aliphatic carbocycles. The largest absolute Gasteiger partial charge is 0.473 e. The normalized spacial score (nSPS) is 9.90. The fourth-order valence-electron chi connectivity index (χ4n) is 1.46. The van der Waals surface area contributed by atoms with Crippen LogP contribution in [0.25, 0.3) is 0 Å². The Morgan fingerprint density at radius 2 is 1.85 bits per heavy atom. The van der Waals surface area contributed by atoms with Gasteiger partial charge >= 0.3 is 6.03 Å². The predicted molar refractivity (Wildman–Crippen MR) is 80.6 cm³/mol. The third kappa shape index (κ3) is 4.33. The number of para-hydroxylation sites is 1. The van der Waals surface area contributed by atoms with Crippen molar-refractivity contribution < 1.29 is 9.53 Å². The van der Waals surface area contributed by atoms with Crippen LogP contribution >= 0.6 is 23.2 Å². The first-order valence-electron chi connectivity index (χ1n) is 5.83. The van der Waals surface area contributed by atoms with Gasteiger partial charge in [0.05, 0.1) is 10.7 Å². The Balaban J connectivity index is 1.82. The molecule has 0 spiro atoms. The zero-order chi connectivity index (χ0) is 14.4. The molecule has 20 heavy (non-hydrogen) atoms. The molecule has 0 fully saturated rings. The number of halogens is 2. The minimum atomic E-state index is -0.426. The van der Waals surface area contributed by atoms with Gasteiger partial charge in [-0.3, -0.25) is 0 Å². The zero-order valence-corrected chi connectivity index (χ0v) is 11.9. The summed E-state index contributed by atoms with van der Waals surface area (Å²) in [6, 6.07) is 13.6. The Morgan fingerprint density at radius 3 is 2.60 bits per heavy atom. The van der Waals surface area contributed by atoms with Crippen LogP contribution in [-0.4, -0.2) is 12.8 Å². The van der Waals surface area contributed by atoms with E-state index in [4.69, 9.17) is 27.9 Å². The minimum absolute atomic E-state index is 0.0496. The molecule has 0 bridgehead atoms. The van der Waals surface area contributed by atoms with E-state index in [0.29, 0.717) is 21.5 Å². The van der Waals surface area contributed by atoms with E-state index in [1.165, 1.54) is 0 Å². The van der Waals surface area contributed by atoms with E-state index in [1.807, 2.05) is 18.2 Å². The molecule has 2 rings (SSSR count). The molecule has 0 saturated heterocycles. The van der Waals surface area contributed by atoms with Gasteiger partial charge in [-0.15, -0.1) is 0 Å². The third-order valence-corrected chi connectivity index (χ3v) is 2.96. The summed E-state index contributed by atoms with van der Waals surface area (Å²) in [6.45, 7) is 0.0496. The molecule has 2 N–H and O–H groups in total. The van der Waals surface area contributed by atoms with Crippen molar-refractivity contribution in [3.8, 4) is 5.75 Å². The molecule has 2 aromatic carbocycles. The second-order valence-electron chi connectivity index (χ2n) is 3.86. The molecule has 2 amide bonds. The molecule has 6 heteroatoms. The summed E-state index contributed by atoms with van der Waals surface area (Å²) in [5.74, 6) is 0.675. The zero-order valence-electron chi connectivity index (χ0n) is 10.4. The van der Waals surface area contributed by atoms with Gasteiger partial charge in [0.25, 0.3) is 0 Å².